The van der Waals surface area contributed by atoms with E-state index < -0.39 is 10.8 Å². The first-order valence-corrected chi connectivity index (χ1v) is 8.02. The smallest absolute Gasteiger partial charge is 0.252 e. The van der Waals surface area contributed by atoms with Crippen LogP contribution < -0.4 is 10.0 Å². The first-order valence-electron chi connectivity index (χ1n) is 7.14. The molecule has 5 nitrogen and oxygen atoms in total. The molecule has 1 saturated carbocycles. The number of nitriles is 1. The van der Waals surface area contributed by atoms with Crippen LogP contribution in [0.2, 0.25) is 0 Å². The van der Waals surface area contributed by atoms with Gasteiger partial charge in [-0.2, -0.15) is 9.99 Å². The zero-order valence-corrected chi connectivity index (χ0v) is 12.9. The maximum absolute atomic E-state index is 12.3. The van der Waals surface area contributed by atoms with Crippen molar-refractivity contribution >= 4 is 17.7 Å². The van der Waals surface area contributed by atoms with Crippen LogP contribution in [0.3, 0.4) is 0 Å². The number of rotatable bonds is 4. The highest BCUT2D eigenvalue weighted by atomic mass is 32.2. The van der Waals surface area contributed by atoms with E-state index in [0.717, 1.165) is 24.0 Å². The summed E-state index contributed by atoms with van der Waals surface area (Å²) in [5, 5.41) is 23.9. The molecule has 1 atom stereocenters. The van der Waals surface area contributed by atoms with Crippen molar-refractivity contribution in [1.29, 1.82) is 5.26 Å². The lowest BCUT2D eigenvalue weighted by Gasteiger charge is -2.32. The minimum Gasteiger partial charge on any atom is -0.618 e. The van der Waals surface area contributed by atoms with Crippen molar-refractivity contribution < 1.29 is 9.52 Å². The topological polar surface area (TPSA) is 79.8 Å². The number of aromatic nitrogens is 1. The Bertz CT molecular complexity index is 550. The third-order valence-corrected chi connectivity index (χ3v) is 4.86. The molecule has 0 aromatic carbocycles. The lowest BCUT2D eigenvalue weighted by Crippen LogP contribution is -2.51. The van der Waals surface area contributed by atoms with Gasteiger partial charge in [0.25, 0.3) is 5.03 Å². The van der Waals surface area contributed by atoms with Gasteiger partial charge in [0.2, 0.25) is 5.91 Å². The van der Waals surface area contributed by atoms with E-state index in [4.69, 9.17) is 0 Å². The van der Waals surface area contributed by atoms with Crippen molar-refractivity contribution in [3.8, 4) is 6.07 Å². The van der Waals surface area contributed by atoms with Gasteiger partial charge in [0.15, 0.2) is 6.20 Å². The summed E-state index contributed by atoms with van der Waals surface area (Å²) in [6, 6.07) is 7.36. The number of nitrogens with one attached hydrogen (secondary N) is 1. The highest BCUT2D eigenvalue weighted by Crippen LogP contribution is 2.28. The van der Waals surface area contributed by atoms with Crippen LogP contribution in [0, 0.1) is 16.5 Å². The molecule has 1 heterocycles. The van der Waals surface area contributed by atoms with Crippen LogP contribution in [-0.2, 0) is 4.79 Å². The van der Waals surface area contributed by atoms with E-state index in [-0.39, 0.29) is 5.91 Å². The molecule has 2 rings (SSSR count). The fourth-order valence-electron chi connectivity index (χ4n) is 2.50. The lowest BCUT2D eigenvalue weighted by atomic mass is 9.83. The number of carbonyl (C=O) groups excluding carboxylic acids is 1. The number of hydrogen-bond donors (Lipinski definition) is 1. The fraction of sp³-hybridized carbons (Fsp3) is 0.533. The van der Waals surface area contributed by atoms with Crippen LogP contribution in [0.15, 0.2) is 29.4 Å². The van der Waals surface area contributed by atoms with Crippen molar-refractivity contribution in [2.24, 2.45) is 0 Å². The SMILES string of the molecule is C[C@@H](Sc1cccc[n+]1[O-])C(=O)NC1(C#N)CCCCC1. The van der Waals surface area contributed by atoms with Gasteiger partial charge in [0.05, 0.1) is 11.3 Å². The third kappa shape index (κ3) is 3.88. The minimum atomic E-state index is -0.728. The standard InChI is InChI=1S/C15H19N3O2S/c1-12(21-13-7-3-6-10-18(13)20)14(19)17-15(11-16)8-4-2-5-9-15/h3,6-7,10,12H,2,4-5,8-9H2,1H3,(H,17,19)/t12-/m1/s1. The molecule has 1 aliphatic rings. The summed E-state index contributed by atoms with van der Waals surface area (Å²) in [7, 11) is 0. The molecule has 112 valence electrons. The summed E-state index contributed by atoms with van der Waals surface area (Å²) in [6.45, 7) is 1.75. The molecule has 1 amide bonds. The van der Waals surface area contributed by atoms with Crippen molar-refractivity contribution in [2.75, 3.05) is 0 Å². The van der Waals surface area contributed by atoms with E-state index in [0.29, 0.717) is 17.9 Å². The predicted octanol–water partition coefficient (Wildman–Crippen LogP) is 2.14. The number of nitrogens with zero attached hydrogens (tertiary/aromatic N) is 2. The molecule has 1 fully saturated rings. The molecule has 6 heteroatoms. The molecular formula is C15H19N3O2S. The highest BCUT2D eigenvalue weighted by molar-refractivity contribution is 8.00. The first-order chi connectivity index (χ1) is 10.1. The maximum Gasteiger partial charge on any atom is 0.252 e. The Labute approximate surface area is 128 Å². The second-order valence-corrected chi connectivity index (χ2v) is 6.73. The molecule has 0 spiro atoms. The quantitative estimate of drug-likeness (QED) is 0.525. The molecule has 0 saturated heterocycles. The van der Waals surface area contributed by atoms with Crippen molar-refractivity contribution in [2.45, 2.75) is 54.8 Å². The molecule has 1 N–H and O–H groups in total. The maximum atomic E-state index is 12.3. The summed E-state index contributed by atoms with van der Waals surface area (Å²) in [6.07, 6.45) is 5.87. The molecule has 0 radical (unpaired) electrons. The number of carbonyl (C=O) groups is 1. The van der Waals surface area contributed by atoms with Crippen LogP contribution in [0.1, 0.15) is 39.0 Å². The van der Waals surface area contributed by atoms with Gasteiger partial charge < -0.3 is 10.5 Å². The van der Waals surface area contributed by atoms with Gasteiger partial charge in [0.1, 0.15) is 5.54 Å². The second-order valence-electron chi connectivity index (χ2n) is 5.37. The number of amides is 1. The second kappa shape index (κ2) is 6.81. The van der Waals surface area contributed by atoms with E-state index in [1.165, 1.54) is 18.0 Å². The third-order valence-electron chi connectivity index (χ3n) is 3.74. The predicted molar refractivity (Wildman–Crippen MR) is 80.3 cm³/mol. The molecule has 0 bridgehead atoms. The summed E-state index contributed by atoms with van der Waals surface area (Å²) < 4.78 is 0.745. The summed E-state index contributed by atoms with van der Waals surface area (Å²) in [4.78, 5) is 12.3. The molecular weight excluding hydrogens is 286 g/mol. The van der Waals surface area contributed by atoms with Gasteiger partial charge in [-0.1, -0.05) is 19.3 Å². The molecule has 0 unspecified atom stereocenters. The van der Waals surface area contributed by atoms with Crippen molar-refractivity contribution in [3.63, 3.8) is 0 Å². The van der Waals surface area contributed by atoms with Gasteiger partial charge in [-0.3, -0.25) is 4.79 Å². The van der Waals surface area contributed by atoms with Crippen LogP contribution >= 0.6 is 11.8 Å². The largest absolute Gasteiger partial charge is 0.618 e. The number of hydrogen-bond acceptors (Lipinski definition) is 4. The summed E-state index contributed by atoms with van der Waals surface area (Å²) in [5.74, 6) is -0.188. The van der Waals surface area contributed by atoms with Gasteiger partial charge in [-0.05, 0) is 37.6 Å². The Hall–Kier alpha value is -1.74. The normalized spacial score (nSPS) is 18.5. The minimum absolute atomic E-state index is 0.188. The molecule has 0 aliphatic heterocycles. The first kappa shape index (κ1) is 15.6. The Morgan fingerprint density at radius 2 is 2.19 bits per heavy atom. The molecule has 21 heavy (non-hydrogen) atoms. The Kier molecular flexibility index (Phi) is 5.07. The van der Waals surface area contributed by atoms with Crippen LogP contribution in [0.25, 0.3) is 0 Å². The van der Waals surface area contributed by atoms with Crippen molar-refractivity contribution in [3.05, 3.63) is 29.6 Å². The van der Waals surface area contributed by atoms with Crippen LogP contribution in [0.4, 0.5) is 0 Å². The summed E-state index contributed by atoms with van der Waals surface area (Å²) >= 11 is 1.21. The molecule has 1 aliphatic carbocycles. The van der Waals surface area contributed by atoms with E-state index >= 15 is 0 Å². The average Bonchev–Trinajstić information content (AvgIpc) is 2.50. The van der Waals surface area contributed by atoms with Crippen LogP contribution in [0.5, 0.6) is 0 Å². The van der Waals surface area contributed by atoms with Gasteiger partial charge in [0, 0.05) is 12.1 Å². The van der Waals surface area contributed by atoms with E-state index in [1.807, 2.05) is 0 Å². The zero-order valence-electron chi connectivity index (χ0n) is 12.0. The van der Waals surface area contributed by atoms with Gasteiger partial charge >= 0.3 is 0 Å². The number of thioether (sulfide) groups is 1. The van der Waals surface area contributed by atoms with E-state index in [2.05, 4.69) is 11.4 Å². The monoisotopic (exact) mass is 305 g/mol. The average molecular weight is 305 g/mol. The fourth-order valence-corrected chi connectivity index (χ4v) is 3.35. The molecule has 1 aromatic rings. The van der Waals surface area contributed by atoms with Gasteiger partial charge in [-0.25, -0.2) is 0 Å². The molecule has 1 aromatic heterocycles. The summed E-state index contributed by atoms with van der Waals surface area (Å²) in [5.41, 5.74) is -0.728. The van der Waals surface area contributed by atoms with Crippen LogP contribution in [-0.4, -0.2) is 16.7 Å². The highest BCUT2D eigenvalue weighted by Gasteiger charge is 2.35. The van der Waals surface area contributed by atoms with Gasteiger partial charge in [-0.15, -0.1) is 0 Å². The Morgan fingerprint density at radius 1 is 1.48 bits per heavy atom. The zero-order chi connectivity index (χ0) is 15.3. The lowest BCUT2D eigenvalue weighted by molar-refractivity contribution is -0.645. The number of pyridine rings is 1. The van der Waals surface area contributed by atoms with E-state index in [9.17, 15) is 15.3 Å². The van der Waals surface area contributed by atoms with Crippen molar-refractivity contribution in [1.82, 2.24) is 5.32 Å². The van der Waals surface area contributed by atoms with E-state index in [1.54, 1.807) is 25.1 Å². The Morgan fingerprint density at radius 3 is 2.81 bits per heavy atom. The Balaban J connectivity index is 1.99.